The summed E-state index contributed by atoms with van der Waals surface area (Å²) in [6, 6.07) is 14.1. The Morgan fingerprint density at radius 1 is 1.10 bits per heavy atom. The SMILES string of the molecule is COc1ccc(-c2noc(CN3CCN(C(=O)c4ccccc4O)CC3)n2)cc1. The van der Waals surface area contributed by atoms with Gasteiger partial charge in [-0.2, -0.15) is 4.98 Å². The number of phenols is 1. The van der Waals surface area contributed by atoms with Gasteiger partial charge in [0.05, 0.1) is 19.2 Å². The quantitative estimate of drug-likeness (QED) is 0.710. The molecule has 1 amide bonds. The van der Waals surface area contributed by atoms with Crippen molar-refractivity contribution < 1.29 is 19.2 Å². The number of hydrogen-bond donors (Lipinski definition) is 1. The van der Waals surface area contributed by atoms with E-state index in [1.54, 1.807) is 30.2 Å². The van der Waals surface area contributed by atoms with Gasteiger partial charge in [0.2, 0.25) is 11.7 Å². The number of piperazine rings is 1. The zero-order valence-corrected chi connectivity index (χ0v) is 16.1. The fraction of sp³-hybridized carbons (Fsp3) is 0.286. The van der Waals surface area contributed by atoms with Gasteiger partial charge < -0.3 is 19.3 Å². The largest absolute Gasteiger partial charge is 0.507 e. The average Bonchev–Trinajstić information content (AvgIpc) is 3.23. The van der Waals surface area contributed by atoms with Gasteiger partial charge >= 0.3 is 0 Å². The number of methoxy groups -OCH3 is 1. The van der Waals surface area contributed by atoms with E-state index in [9.17, 15) is 9.90 Å². The summed E-state index contributed by atoms with van der Waals surface area (Å²) in [5, 5.41) is 13.9. The molecule has 1 aliphatic rings. The standard InChI is InChI=1S/C21H22N4O4/c1-28-16-8-6-15(7-9-16)20-22-19(29-23-20)14-24-10-12-25(13-11-24)21(27)17-4-2-3-5-18(17)26/h2-9,26H,10-14H2,1H3. The highest BCUT2D eigenvalue weighted by atomic mass is 16.5. The number of aromatic hydroxyl groups is 1. The Bertz CT molecular complexity index is 978. The maximum absolute atomic E-state index is 12.6. The van der Waals surface area contributed by atoms with E-state index in [0.717, 1.165) is 11.3 Å². The zero-order chi connectivity index (χ0) is 20.2. The van der Waals surface area contributed by atoms with Gasteiger partial charge in [-0.1, -0.05) is 17.3 Å². The van der Waals surface area contributed by atoms with Crippen LogP contribution in [-0.2, 0) is 6.54 Å². The highest BCUT2D eigenvalue weighted by molar-refractivity contribution is 5.96. The molecule has 2 heterocycles. The monoisotopic (exact) mass is 394 g/mol. The van der Waals surface area contributed by atoms with Gasteiger partial charge in [-0.25, -0.2) is 0 Å². The molecule has 1 aliphatic heterocycles. The summed E-state index contributed by atoms with van der Waals surface area (Å²) >= 11 is 0. The Kier molecular flexibility index (Phi) is 5.44. The fourth-order valence-electron chi connectivity index (χ4n) is 3.30. The number of phenolic OH excluding ortho intramolecular Hbond substituents is 1. The van der Waals surface area contributed by atoms with Crippen LogP contribution in [0.25, 0.3) is 11.4 Å². The van der Waals surface area contributed by atoms with Crippen LogP contribution in [0, 0.1) is 0 Å². The summed E-state index contributed by atoms with van der Waals surface area (Å²) < 4.78 is 10.5. The molecule has 8 heteroatoms. The number of nitrogens with zero attached hydrogens (tertiary/aromatic N) is 4. The third-order valence-electron chi connectivity index (χ3n) is 4.97. The molecule has 4 rings (SSSR count). The van der Waals surface area contributed by atoms with E-state index in [2.05, 4.69) is 15.0 Å². The average molecular weight is 394 g/mol. The van der Waals surface area contributed by atoms with E-state index < -0.39 is 0 Å². The third-order valence-corrected chi connectivity index (χ3v) is 4.97. The summed E-state index contributed by atoms with van der Waals surface area (Å²) in [6.45, 7) is 3.07. The van der Waals surface area contributed by atoms with Crippen LogP contribution in [-0.4, -0.2) is 64.2 Å². The number of benzene rings is 2. The lowest BCUT2D eigenvalue weighted by Crippen LogP contribution is -2.48. The number of ether oxygens (including phenoxy) is 1. The molecule has 8 nitrogen and oxygen atoms in total. The number of rotatable bonds is 5. The van der Waals surface area contributed by atoms with Gasteiger partial charge in [0.25, 0.3) is 5.91 Å². The van der Waals surface area contributed by atoms with E-state index >= 15 is 0 Å². The number of amides is 1. The van der Waals surface area contributed by atoms with Crippen LogP contribution in [0.3, 0.4) is 0 Å². The molecule has 1 aromatic heterocycles. The Morgan fingerprint density at radius 3 is 2.52 bits per heavy atom. The van der Waals surface area contributed by atoms with Crippen LogP contribution in [0.2, 0.25) is 0 Å². The summed E-state index contributed by atoms with van der Waals surface area (Å²) in [5.74, 6) is 1.71. The first-order valence-electron chi connectivity index (χ1n) is 9.40. The van der Waals surface area contributed by atoms with Gasteiger partial charge in [0.1, 0.15) is 11.5 Å². The number of carbonyl (C=O) groups excluding carboxylic acids is 1. The van der Waals surface area contributed by atoms with Crippen LogP contribution >= 0.6 is 0 Å². The van der Waals surface area contributed by atoms with Gasteiger partial charge in [-0.15, -0.1) is 0 Å². The highest BCUT2D eigenvalue weighted by Crippen LogP contribution is 2.21. The Hall–Kier alpha value is -3.39. The second-order valence-electron chi connectivity index (χ2n) is 6.83. The molecular weight excluding hydrogens is 372 g/mol. The first-order chi connectivity index (χ1) is 14.1. The summed E-state index contributed by atoms with van der Waals surface area (Å²) in [5.41, 5.74) is 1.20. The molecule has 0 saturated carbocycles. The predicted molar refractivity (Wildman–Crippen MR) is 106 cm³/mol. The molecule has 1 fully saturated rings. The molecule has 0 unspecified atom stereocenters. The number of hydrogen-bond acceptors (Lipinski definition) is 7. The number of para-hydroxylation sites is 1. The molecule has 150 valence electrons. The van der Waals surface area contributed by atoms with Crippen molar-refractivity contribution in [3.05, 3.63) is 60.0 Å². The Morgan fingerprint density at radius 2 is 1.83 bits per heavy atom. The van der Waals surface area contributed by atoms with Crippen LogP contribution in [0.1, 0.15) is 16.2 Å². The molecule has 0 aliphatic carbocycles. The second-order valence-corrected chi connectivity index (χ2v) is 6.83. The normalized spacial score (nSPS) is 14.7. The van der Waals surface area contributed by atoms with E-state index in [1.807, 2.05) is 24.3 Å². The maximum Gasteiger partial charge on any atom is 0.257 e. The second kappa shape index (κ2) is 8.32. The molecule has 2 aromatic carbocycles. The van der Waals surface area contributed by atoms with Crippen LogP contribution < -0.4 is 4.74 Å². The van der Waals surface area contributed by atoms with Gasteiger partial charge in [0.15, 0.2) is 0 Å². The van der Waals surface area contributed by atoms with Crippen molar-refractivity contribution >= 4 is 5.91 Å². The topological polar surface area (TPSA) is 91.9 Å². The number of carbonyl (C=O) groups is 1. The zero-order valence-electron chi connectivity index (χ0n) is 16.1. The lowest BCUT2D eigenvalue weighted by Gasteiger charge is -2.34. The van der Waals surface area contributed by atoms with Crippen molar-refractivity contribution in [1.29, 1.82) is 0 Å². The fourth-order valence-corrected chi connectivity index (χ4v) is 3.30. The number of aromatic nitrogens is 2. The van der Waals surface area contributed by atoms with Crippen molar-refractivity contribution in [2.24, 2.45) is 0 Å². The van der Waals surface area contributed by atoms with E-state index in [0.29, 0.717) is 50.0 Å². The van der Waals surface area contributed by atoms with Gasteiger partial charge in [0, 0.05) is 31.7 Å². The maximum atomic E-state index is 12.6. The van der Waals surface area contributed by atoms with Crippen molar-refractivity contribution in [1.82, 2.24) is 19.9 Å². The molecule has 1 saturated heterocycles. The van der Waals surface area contributed by atoms with Crippen molar-refractivity contribution in [2.45, 2.75) is 6.54 Å². The van der Waals surface area contributed by atoms with E-state index in [-0.39, 0.29) is 11.7 Å². The van der Waals surface area contributed by atoms with E-state index in [1.165, 1.54) is 6.07 Å². The molecule has 0 radical (unpaired) electrons. The molecule has 3 aromatic rings. The van der Waals surface area contributed by atoms with Crippen molar-refractivity contribution in [2.75, 3.05) is 33.3 Å². The minimum Gasteiger partial charge on any atom is -0.507 e. The first kappa shape index (κ1) is 18.9. The van der Waals surface area contributed by atoms with Crippen LogP contribution in [0.15, 0.2) is 53.1 Å². The lowest BCUT2D eigenvalue weighted by molar-refractivity contribution is 0.0612. The predicted octanol–water partition coefficient (Wildman–Crippen LogP) is 2.41. The van der Waals surface area contributed by atoms with Crippen molar-refractivity contribution in [3.63, 3.8) is 0 Å². The van der Waals surface area contributed by atoms with E-state index in [4.69, 9.17) is 9.26 Å². The highest BCUT2D eigenvalue weighted by Gasteiger charge is 2.24. The smallest absolute Gasteiger partial charge is 0.257 e. The Labute approximate surface area is 168 Å². The van der Waals surface area contributed by atoms with Crippen LogP contribution in [0.5, 0.6) is 11.5 Å². The summed E-state index contributed by atoms with van der Waals surface area (Å²) in [7, 11) is 1.62. The van der Waals surface area contributed by atoms with Gasteiger partial charge in [-0.05, 0) is 36.4 Å². The lowest BCUT2D eigenvalue weighted by atomic mass is 10.1. The summed E-state index contributed by atoms with van der Waals surface area (Å²) in [6.07, 6.45) is 0. The first-order valence-corrected chi connectivity index (χ1v) is 9.40. The molecule has 0 atom stereocenters. The third kappa shape index (κ3) is 4.22. The van der Waals surface area contributed by atoms with Gasteiger partial charge in [-0.3, -0.25) is 9.69 Å². The minimum atomic E-state index is -0.151. The summed E-state index contributed by atoms with van der Waals surface area (Å²) in [4.78, 5) is 21.0. The molecule has 0 spiro atoms. The Balaban J connectivity index is 1.33. The molecule has 1 N–H and O–H groups in total. The minimum absolute atomic E-state index is 0.0110. The molecular formula is C21H22N4O4. The molecule has 0 bridgehead atoms. The van der Waals surface area contributed by atoms with Crippen molar-refractivity contribution in [3.8, 4) is 22.9 Å². The van der Waals surface area contributed by atoms with Crippen LogP contribution in [0.4, 0.5) is 0 Å². The molecule has 29 heavy (non-hydrogen) atoms.